The van der Waals surface area contributed by atoms with Gasteiger partial charge in [-0.25, -0.2) is 0 Å². The fraction of sp³-hybridized carbons (Fsp3) is 0.696. The molecule has 1 saturated heterocycles. The van der Waals surface area contributed by atoms with Crippen molar-refractivity contribution in [3.63, 3.8) is 0 Å². The summed E-state index contributed by atoms with van der Waals surface area (Å²) in [5, 5.41) is 13.7. The van der Waals surface area contributed by atoms with E-state index in [1.54, 1.807) is 0 Å². The van der Waals surface area contributed by atoms with Gasteiger partial charge in [0.2, 0.25) is 0 Å². The van der Waals surface area contributed by atoms with Crippen LogP contribution in [-0.4, -0.2) is 74.7 Å². The van der Waals surface area contributed by atoms with E-state index in [-0.39, 0.29) is 24.6 Å². The molecule has 0 aromatic heterocycles. The van der Waals surface area contributed by atoms with Crippen molar-refractivity contribution >= 4 is 5.97 Å². The number of carbonyl (C=O) groups is 1. The van der Waals surface area contributed by atoms with Crippen LogP contribution in [0.3, 0.4) is 0 Å². The number of nitrogens with zero attached hydrogens (tertiary/aromatic N) is 1. The quantitative estimate of drug-likeness (QED) is 0.373. The summed E-state index contributed by atoms with van der Waals surface area (Å²) in [6, 6.07) is 7.95. The van der Waals surface area contributed by atoms with E-state index in [1.807, 2.05) is 38.1 Å². The Morgan fingerprint density at radius 1 is 1.23 bits per heavy atom. The summed E-state index contributed by atoms with van der Waals surface area (Å²) in [6.45, 7) is 9.00. The molecule has 2 rings (SSSR count). The average Bonchev–Trinajstić information content (AvgIpc) is 2.75. The third-order valence-electron chi connectivity index (χ3n) is 5.23. The van der Waals surface area contributed by atoms with Gasteiger partial charge >= 0.3 is 5.97 Å². The van der Waals surface area contributed by atoms with Crippen molar-refractivity contribution in [3.05, 3.63) is 29.8 Å². The number of aliphatic hydroxyl groups excluding tert-OH is 1. The molecular formula is C23H38N2O5. The van der Waals surface area contributed by atoms with Gasteiger partial charge in [-0.1, -0.05) is 12.1 Å². The molecule has 1 fully saturated rings. The van der Waals surface area contributed by atoms with Gasteiger partial charge in [-0.15, -0.1) is 0 Å². The molecule has 30 heavy (non-hydrogen) atoms. The zero-order chi connectivity index (χ0) is 21.8. The zero-order valence-electron chi connectivity index (χ0n) is 18.6. The first-order valence-corrected chi connectivity index (χ1v) is 11.0. The van der Waals surface area contributed by atoms with E-state index in [0.29, 0.717) is 6.54 Å². The predicted molar refractivity (Wildman–Crippen MR) is 117 cm³/mol. The molecule has 1 aromatic rings. The van der Waals surface area contributed by atoms with Crippen molar-refractivity contribution in [1.82, 2.24) is 10.2 Å². The fourth-order valence-corrected chi connectivity index (χ4v) is 3.51. The molecule has 7 heteroatoms. The third kappa shape index (κ3) is 9.43. The predicted octanol–water partition coefficient (Wildman–Crippen LogP) is 2.22. The Bertz CT molecular complexity index is 600. The first-order valence-electron chi connectivity index (χ1n) is 11.0. The van der Waals surface area contributed by atoms with E-state index in [0.717, 1.165) is 57.8 Å². The summed E-state index contributed by atoms with van der Waals surface area (Å²) in [6.07, 6.45) is 2.28. The highest BCUT2D eigenvalue weighted by molar-refractivity contribution is 5.72. The Kier molecular flexibility index (Phi) is 11.1. The number of methoxy groups -OCH3 is 1. The molecule has 0 amide bonds. The molecule has 1 atom stereocenters. The minimum absolute atomic E-state index is 0.0129. The number of piperidine rings is 1. The fourth-order valence-electron chi connectivity index (χ4n) is 3.51. The lowest BCUT2D eigenvalue weighted by Gasteiger charge is -2.31. The second kappa shape index (κ2) is 13.6. The topological polar surface area (TPSA) is 80.3 Å². The number of aliphatic hydroxyl groups is 1. The summed E-state index contributed by atoms with van der Waals surface area (Å²) in [4.78, 5) is 13.8. The Morgan fingerprint density at radius 2 is 1.93 bits per heavy atom. The van der Waals surface area contributed by atoms with E-state index in [4.69, 9.17) is 14.2 Å². The molecule has 0 aliphatic carbocycles. The standard InChI is InChI=1S/C23H38N2O5/c1-18(2)29-14-4-11-24-15-19-5-7-22(8-6-19)30-17-21(26)16-25-12-9-20(10-13-25)23(27)28-3/h5-8,18,20-21,24,26H,4,9-17H2,1-3H3. The molecule has 1 unspecified atom stereocenters. The minimum atomic E-state index is -0.561. The van der Waals surface area contributed by atoms with Crippen molar-refractivity contribution in [1.29, 1.82) is 0 Å². The number of benzene rings is 1. The number of rotatable bonds is 13. The number of likely N-dealkylation sites (tertiary alicyclic amines) is 1. The number of nitrogens with one attached hydrogen (secondary N) is 1. The number of hydrogen-bond acceptors (Lipinski definition) is 7. The highest BCUT2D eigenvalue weighted by Crippen LogP contribution is 2.19. The molecule has 1 aliphatic heterocycles. The van der Waals surface area contributed by atoms with E-state index < -0.39 is 6.10 Å². The van der Waals surface area contributed by atoms with Crippen LogP contribution in [-0.2, 0) is 20.8 Å². The lowest BCUT2D eigenvalue weighted by Crippen LogP contribution is -2.42. The second-order valence-electron chi connectivity index (χ2n) is 8.16. The minimum Gasteiger partial charge on any atom is -0.491 e. The van der Waals surface area contributed by atoms with Crippen molar-refractivity contribution in [2.45, 2.75) is 51.9 Å². The maximum absolute atomic E-state index is 11.6. The monoisotopic (exact) mass is 422 g/mol. The summed E-state index contributed by atoms with van der Waals surface area (Å²) >= 11 is 0. The number of β-amino-alcohol motifs (C(OH)–C–C–N with tert-alkyl or cyclic N) is 1. The van der Waals surface area contributed by atoms with Gasteiger partial charge in [-0.2, -0.15) is 0 Å². The average molecular weight is 423 g/mol. The van der Waals surface area contributed by atoms with Crippen LogP contribution in [0.25, 0.3) is 0 Å². The van der Waals surface area contributed by atoms with Crippen LogP contribution in [0.2, 0.25) is 0 Å². The molecule has 0 saturated carbocycles. The Balaban J connectivity index is 1.59. The number of carbonyl (C=O) groups excluding carboxylic acids is 1. The van der Waals surface area contributed by atoms with Gasteiger partial charge in [0.1, 0.15) is 18.5 Å². The molecule has 0 radical (unpaired) electrons. The van der Waals surface area contributed by atoms with Crippen LogP contribution in [0, 0.1) is 5.92 Å². The smallest absolute Gasteiger partial charge is 0.308 e. The van der Waals surface area contributed by atoms with Crippen LogP contribution in [0.4, 0.5) is 0 Å². The number of ether oxygens (including phenoxy) is 3. The van der Waals surface area contributed by atoms with Crippen molar-refractivity contribution in [2.24, 2.45) is 5.92 Å². The van der Waals surface area contributed by atoms with Crippen LogP contribution in [0.15, 0.2) is 24.3 Å². The van der Waals surface area contributed by atoms with Crippen LogP contribution in [0.5, 0.6) is 5.75 Å². The second-order valence-corrected chi connectivity index (χ2v) is 8.16. The SMILES string of the molecule is COC(=O)C1CCN(CC(O)COc2ccc(CNCCCOC(C)C)cc2)CC1. The first-order chi connectivity index (χ1) is 14.5. The summed E-state index contributed by atoms with van der Waals surface area (Å²) in [5.74, 6) is 0.617. The molecule has 1 heterocycles. The van der Waals surface area contributed by atoms with Gasteiger partial charge in [-0.05, 0) is 70.4 Å². The molecule has 0 spiro atoms. The van der Waals surface area contributed by atoms with E-state index in [9.17, 15) is 9.90 Å². The van der Waals surface area contributed by atoms with E-state index in [1.165, 1.54) is 12.7 Å². The van der Waals surface area contributed by atoms with Crippen LogP contribution < -0.4 is 10.1 Å². The molecular weight excluding hydrogens is 384 g/mol. The molecule has 0 bridgehead atoms. The van der Waals surface area contributed by atoms with Gasteiger partial charge < -0.3 is 29.5 Å². The molecule has 1 aromatic carbocycles. The van der Waals surface area contributed by atoms with Crippen LogP contribution in [0.1, 0.15) is 38.7 Å². The highest BCUT2D eigenvalue weighted by atomic mass is 16.5. The molecule has 170 valence electrons. The van der Waals surface area contributed by atoms with Crippen LogP contribution >= 0.6 is 0 Å². The lowest BCUT2D eigenvalue weighted by atomic mass is 9.97. The van der Waals surface area contributed by atoms with E-state index in [2.05, 4.69) is 10.2 Å². The largest absolute Gasteiger partial charge is 0.491 e. The van der Waals surface area contributed by atoms with Gasteiger partial charge in [0, 0.05) is 19.7 Å². The lowest BCUT2D eigenvalue weighted by molar-refractivity contribution is -0.147. The molecule has 1 aliphatic rings. The first kappa shape index (κ1) is 24.6. The van der Waals surface area contributed by atoms with Gasteiger partial charge in [0.05, 0.1) is 19.1 Å². The third-order valence-corrected chi connectivity index (χ3v) is 5.23. The molecule has 2 N–H and O–H groups in total. The van der Waals surface area contributed by atoms with Gasteiger partial charge in [0.15, 0.2) is 0 Å². The van der Waals surface area contributed by atoms with Crippen molar-refractivity contribution in [2.75, 3.05) is 46.5 Å². The number of esters is 1. The molecule has 7 nitrogen and oxygen atoms in total. The normalized spacial score (nSPS) is 16.6. The Labute approximate surface area is 180 Å². The summed E-state index contributed by atoms with van der Waals surface area (Å²) < 4.78 is 16.1. The Morgan fingerprint density at radius 3 is 2.57 bits per heavy atom. The van der Waals surface area contributed by atoms with Gasteiger partial charge in [-0.3, -0.25) is 4.79 Å². The van der Waals surface area contributed by atoms with Crippen molar-refractivity contribution < 1.29 is 24.1 Å². The maximum Gasteiger partial charge on any atom is 0.308 e. The summed E-state index contributed by atoms with van der Waals surface area (Å²) in [7, 11) is 1.43. The Hall–Kier alpha value is -1.67. The van der Waals surface area contributed by atoms with Gasteiger partial charge in [0.25, 0.3) is 0 Å². The number of hydrogen-bond donors (Lipinski definition) is 2. The zero-order valence-corrected chi connectivity index (χ0v) is 18.6. The maximum atomic E-state index is 11.6. The highest BCUT2D eigenvalue weighted by Gasteiger charge is 2.26. The van der Waals surface area contributed by atoms with E-state index >= 15 is 0 Å². The van der Waals surface area contributed by atoms with Crippen molar-refractivity contribution in [3.8, 4) is 5.75 Å². The summed E-state index contributed by atoms with van der Waals surface area (Å²) in [5.41, 5.74) is 1.20.